The molecule has 2 nitrogen and oxygen atoms in total. The molecule has 2 heteroatoms. The molecule has 2 aromatic carbocycles. The summed E-state index contributed by atoms with van der Waals surface area (Å²) in [6.07, 6.45) is 0. The third-order valence-corrected chi connectivity index (χ3v) is 3.77. The Hall–Kier alpha value is -1.80. The molecule has 1 unspecified atom stereocenters. The molecule has 0 aliphatic rings. The summed E-state index contributed by atoms with van der Waals surface area (Å²) in [5, 5.41) is 0. The van der Waals surface area contributed by atoms with Gasteiger partial charge < -0.3 is 10.5 Å². The van der Waals surface area contributed by atoms with Crippen LogP contribution in [0.25, 0.3) is 0 Å². The lowest BCUT2D eigenvalue weighted by Crippen LogP contribution is -2.13. The summed E-state index contributed by atoms with van der Waals surface area (Å²) >= 11 is 0. The van der Waals surface area contributed by atoms with Crippen LogP contribution in [0, 0.1) is 20.8 Å². The standard InChI is InChI=1S/C18H23NO/c1-5-20-16-8-6-15(7-9-16)18(19)17-11-13(3)12(2)10-14(17)4/h6-11,18H,5,19H2,1-4H3. The molecule has 20 heavy (non-hydrogen) atoms. The van der Waals surface area contributed by atoms with Crippen molar-refractivity contribution in [3.05, 3.63) is 64.2 Å². The number of aryl methyl sites for hydroxylation is 3. The van der Waals surface area contributed by atoms with Crippen molar-refractivity contribution in [1.29, 1.82) is 0 Å². The van der Waals surface area contributed by atoms with E-state index in [1.807, 2.05) is 31.2 Å². The number of nitrogens with two attached hydrogens (primary N) is 1. The topological polar surface area (TPSA) is 35.2 Å². The Bertz CT molecular complexity index is 587. The Balaban J connectivity index is 2.31. The lowest BCUT2D eigenvalue weighted by molar-refractivity contribution is 0.340. The molecule has 0 bridgehead atoms. The molecule has 0 radical (unpaired) electrons. The lowest BCUT2D eigenvalue weighted by atomic mass is 9.92. The van der Waals surface area contributed by atoms with Gasteiger partial charge >= 0.3 is 0 Å². The predicted molar refractivity (Wildman–Crippen MR) is 84.3 cm³/mol. The molecule has 0 saturated carbocycles. The van der Waals surface area contributed by atoms with Gasteiger partial charge in [0.2, 0.25) is 0 Å². The summed E-state index contributed by atoms with van der Waals surface area (Å²) in [7, 11) is 0. The van der Waals surface area contributed by atoms with Crippen molar-refractivity contribution in [3.8, 4) is 5.75 Å². The summed E-state index contributed by atoms with van der Waals surface area (Å²) in [6.45, 7) is 9.05. The summed E-state index contributed by atoms with van der Waals surface area (Å²) in [5.41, 5.74) is 12.6. The fourth-order valence-electron chi connectivity index (χ4n) is 2.44. The average molecular weight is 269 g/mol. The molecular formula is C18H23NO. The van der Waals surface area contributed by atoms with Gasteiger partial charge in [0, 0.05) is 0 Å². The molecular weight excluding hydrogens is 246 g/mol. The molecule has 0 aliphatic carbocycles. The summed E-state index contributed by atoms with van der Waals surface area (Å²) in [4.78, 5) is 0. The van der Waals surface area contributed by atoms with Crippen LogP contribution >= 0.6 is 0 Å². The number of ether oxygens (including phenoxy) is 1. The minimum atomic E-state index is -0.0926. The van der Waals surface area contributed by atoms with Crippen LogP contribution in [0.15, 0.2) is 36.4 Å². The van der Waals surface area contributed by atoms with Crippen LogP contribution in [0.2, 0.25) is 0 Å². The molecule has 0 heterocycles. The average Bonchev–Trinajstić information content (AvgIpc) is 2.43. The van der Waals surface area contributed by atoms with Crippen molar-refractivity contribution in [2.75, 3.05) is 6.61 Å². The summed E-state index contributed by atoms with van der Waals surface area (Å²) in [5.74, 6) is 0.889. The molecule has 0 amide bonds. The van der Waals surface area contributed by atoms with Crippen molar-refractivity contribution < 1.29 is 4.74 Å². The second-order valence-electron chi connectivity index (χ2n) is 5.27. The van der Waals surface area contributed by atoms with E-state index < -0.39 is 0 Å². The second kappa shape index (κ2) is 6.10. The predicted octanol–water partition coefficient (Wildman–Crippen LogP) is 4.06. The van der Waals surface area contributed by atoms with Gasteiger partial charge in [-0.15, -0.1) is 0 Å². The fourth-order valence-corrected chi connectivity index (χ4v) is 2.44. The lowest BCUT2D eigenvalue weighted by Gasteiger charge is -2.17. The molecule has 2 N–H and O–H groups in total. The minimum absolute atomic E-state index is 0.0926. The minimum Gasteiger partial charge on any atom is -0.494 e. The summed E-state index contributed by atoms with van der Waals surface area (Å²) in [6, 6.07) is 12.4. The highest BCUT2D eigenvalue weighted by Crippen LogP contribution is 2.26. The van der Waals surface area contributed by atoms with Crippen molar-refractivity contribution in [2.45, 2.75) is 33.7 Å². The smallest absolute Gasteiger partial charge is 0.119 e. The van der Waals surface area contributed by atoms with Gasteiger partial charge in [-0.05, 0) is 67.6 Å². The zero-order chi connectivity index (χ0) is 14.7. The van der Waals surface area contributed by atoms with Gasteiger partial charge in [-0.1, -0.05) is 24.3 Å². The monoisotopic (exact) mass is 269 g/mol. The van der Waals surface area contributed by atoms with Crippen LogP contribution < -0.4 is 10.5 Å². The molecule has 106 valence electrons. The van der Waals surface area contributed by atoms with E-state index in [1.165, 1.54) is 22.3 Å². The van der Waals surface area contributed by atoms with Crippen molar-refractivity contribution in [2.24, 2.45) is 5.73 Å². The van der Waals surface area contributed by atoms with Crippen LogP contribution in [-0.2, 0) is 0 Å². The Morgan fingerprint density at radius 3 is 2.15 bits per heavy atom. The van der Waals surface area contributed by atoms with Crippen LogP contribution in [0.5, 0.6) is 5.75 Å². The van der Waals surface area contributed by atoms with E-state index >= 15 is 0 Å². The Morgan fingerprint density at radius 1 is 0.950 bits per heavy atom. The first-order valence-electron chi connectivity index (χ1n) is 7.09. The fraction of sp³-hybridized carbons (Fsp3) is 0.333. The van der Waals surface area contributed by atoms with Crippen molar-refractivity contribution >= 4 is 0 Å². The highest BCUT2D eigenvalue weighted by Gasteiger charge is 2.12. The first-order valence-corrected chi connectivity index (χ1v) is 7.09. The van der Waals surface area contributed by atoms with Crippen LogP contribution in [-0.4, -0.2) is 6.61 Å². The van der Waals surface area contributed by atoms with Gasteiger partial charge in [0.1, 0.15) is 5.75 Å². The van der Waals surface area contributed by atoms with E-state index in [0.717, 1.165) is 11.3 Å². The third kappa shape index (κ3) is 3.02. The van der Waals surface area contributed by atoms with E-state index in [0.29, 0.717) is 6.61 Å². The molecule has 0 aliphatic heterocycles. The third-order valence-electron chi connectivity index (χ3n) is 3.77. The van der Waals surface area contributed by atoms with Gasteiger partial charge in [0.05, 0.1) is 12.6 Å². The Morgan fingerprint density at radius 2 is 1.55 bits per heavy atom. The maximum atomic E-state index is 6.42. The van der Waals surface area contributed by atoms with E-state index in [4.69, 9.17) is 10.5 Å². The first kappa shape index (κ1) is 14.6. The summed E-state index contributed by atoms with van der Waals surface area (Å²) < 4.78 is 5.46. The largest absolute Gasteiger partial charge is 0.494 e. The molecule has 2 aromatic rings. The highest BCUT2D eigenvalue weighted by molar-refractivity contribution is 5.43. The SMILES string of the molecule is CCOc1ccc(C(N)c2cc(C)c(C)cc2C)cc1. The van der Waals surface area contributed by atoms with Crippen molar-refractivity contribution in [3.63, 3.8) is 0 Å². The zero-order valence-electron chi connectivity index (χ0n) is 12.7. The van der Waals surface area contributed by atoms with Gasteiger partial charge in [-0.3, -0.25) is 0 Å². The zero-order valence-corrected chi connectivity index (χ0v) is 12.7. The van der Waals surface area contributed by atoms with Gasteiger partial charge in [0.15, 0.2) is 0 Å². The van der Waals surface area contributed by atoms with Crippen LogP contribution in [0.1, 0.15) is 40.8 Å². The highest BCUT2D eigenvalue weighted by atomic mass is 16.5. The van der Waals surface area contributed by atoms with Gasteiger partial charge in [-0.2, -0.15) is 0 Å². The van der Waals surface area contributed by atoms with Gasteiger partial charge in [0.25, 0.3) is 0 Å². The normalized spacial score (nSPS) is 12.2. The molecule has 1 atom stereocenters. The first-order chi connectivity index (χ1) is 9.52. The van der Waals surface area contributed by atoms with E-state index in [1.54, 1.807) is 0 Å². The Kier molecular flexibility index (Phi) is 4.46. The molecule has 0 spiro atoms. The number of hydrogen-bond donors (Lipinski definition) is 1. The van der Waals surface area contributed by atoms with E-state index in [-0.39, 0.29) is 6.04 Å². The number of rotatable bonds is 4. The molecule has 2 rings (SSSR count). The van der Waals surface area contributed by atoms with Crippen molar-refractivity contribution in [1.82, 2.24) is 0 Å². The quantitative estimate of drug-likeness (QED) is 0.908. The Labute approximate surface area is 121 Å². The van der Waals surface area contributed by atoms with E-state index in [2.05, 4.69) is 32.9 Å². The van der Waals surface area contributed by atoms with E-state index in [9.17, 15) is 0 Å². The molecule has 0 aromatic heterocycles. The maximum absolute atomic E-state index is 6.42. The van der Waals surface area contributed by atoms with Crippen LogP contribution in [0.3, 0.4) is 0 Å². The molecule has 0 saturated heterocycles. The van der Waals surface area contributed by atoms with Gasteiger partial charge in [-0.25, -0.2) is 0 Å². The maximum Gasteiger partial charge on any atom is 0.119 e. The molecule has 0 fully saturated rings. The second-order valence-corrected chi connectivity index (χ2v) is 5.27. The number of hydrogen-bond acceptors (Lipinski definition) is 2. The van der Waals surface area contributed by atoms with Crippen LogP contribution in [0.4, 0.5) is 0 Å². The number of benzene rings is 2.